The van der Waals surface area contributed by atoms with Crippen LogP contribution in [0.4, 0.5) is 5.69 Å². The SMILES string of the molecule is Cc1ccc(N2C[C@@H](C(=O)Cl)CC2=O)cc1. The van der Waals surface area contributed by atoms with Gasteiger partial charge >= 0.3 is 0 Å². The fourth-order valence-electron chi connectivity index (χ4n) is 1.83. The van der Waals surface area contributed by atoms with E-state index in [1.54, 1.807) is 4.90 Å². The molecule has 1 fully saturated rings. The molecule has 1 heterocycles. The van der Waals surface area contributed by atoms with Gasteiger partial charge in [-0.2, -0.15) is 0 Å². The second kappa shape index (κ2) is 4.26. The fraction of sp³-hybridized carbons (Fsp3) is 0.333. The van der Waals surface area contributed by atoms with Gasteiger partial charge in [0.2, 0.25) is 11.1 Å². The van der Waals surface area contributed by atoms with Crippen molar-refractivity contribution in [3.63, 3.8) is 0 Å². The number of hydrogen-bond donors (Lipinski definition) is 0. The summed E-state index contributed by atoms with van der Waals surface area (Å²) in [6.45, 7) is 2.38. The van der Waals surface area contributed by atoms with Gasteiger partial charge in [0, 0.05) is 18.7 Å². The molecule has 0 bridgehead atoms. The molecule has 1 aliphatic rings. The summed E-state index contributed by atoms with van der Waals surface area (Å²) in [7, 11) is 0. The van der Waals surface area contributed by atoms with E-state index in [1.165, 1.54) is 0 Å². The number of rotatable bonds is 2. The minimum absolute atomic E-state index is 0.0390. The lowest BCUT2D eigenvalue weighted by atomic mass is 10.1. The molecule has 1 saturated heterocycles. The third-order valence-electron chi connectivity index (χ3n) is 2.79. The minimum atomic E-state index is -0.428. The van der Waals surface area contributed by atoms with Crippen LogP contribution in [0.2, 0.25) is 0 Å². The van der Waals surface area contributed by atoms with Gasteiger partial charge in [0.25, 0.3) is 0 Å². The van der Waals surface area contributed by atoms with Crippen molar-refractivity contribution in [1.82, 2.24) is 0 Å². The van der Waals surface area contributed by atoms with Crippen LogP contribution in [0.5, 0.6) is 0 Å². The molecule has 4 heteroatoms. The van der Waals surface area contributed by atoms with Crippen LogP contribution in [-0.2, 0) is 9.59 Å². The molecule has 0 radical (unpaired) electrons. The largest absolute Gasteiger partial charge is 0.312 e. The van der Waals surface area contributed by atoms with Gasteiger partial charge in [-0.1, -0.05) is 17.7 Å². The van der Waals surface area contributed by atoms with E-state index in [9.17, 15) is 9.59 Å². The predicted molar refractivity (Wildman–Crippen MR) is 62.5 cm³/mol. The molecule has 1 aromatic rings. The second-order valence-electron chi connectivity index (χ2n) is 4.05. The molecule has 16 heavy (non-hydrogen) atoms. The molecule has 0 spiro atoms. The number of halogens is 1. The Morgan fingerprint density at radius 3 is 2.50 bits per heavy atom. The van der Waals surface area contributed by atoms with E-state index in [2.05, 4.69) is 0 Å². The van der Waals surface area contributed by atoms with Crippen LogP contribution < -0.4 is 4.90 Å². The normalized spacial score (nSPS) is 20.2. The van der Waals surface area contributed by atoms with Crippen LogP contribution in [0.1, 0.15) is 12.0 Å². The van der Waals surface area contributed by atoms with Gasteiger partial charge in [0.1, 0.15) is 0 Å². The molecule has 84 valence electrons. The highest BCUT2D eigenvalue weighted by molar-refractivity contribution is 6.64. The number of nitrogens with zero attached hydrogens (tertiary/aromatic N) is 1. The number of amides is 1. The first-order chi connectivity index (χ1) is 7.58. The Kier molecular flexibility index (Phi) is 2.97. The summed E-state index contributed by atoms with van der Waals surface area (Å²) < 4.78 is 0. The number of hydrogen-bond acceptors (Lipinski definition) is 2. The Balaban J connectivity index is 2.20. The number of aryl methyl sites for hydroxylation is 1. The Hall–Kier alpha value is -1.35. The Morgan fingerprint density at radius 1 is 1.38 bits per heavy atom. The molecule has 1 amide bonds. The smallest absolute Gasteiger partial charge is 0.227 e. The molecule has 1 aliphatic heterocycles. The summed E-state index contributed by atoms with van der Waals surface area (Å²) in [6, 6.07) is 7.65. The van der Waals surface area contributed by atoms with Crippen LogP contribution in [0.25, 0.3) is 0 Å². The molecule has 0 N–H and O–H groups in total. The zero-order chi connectivity index (χ0) is 11.7. The summed E-state index contributed by atoms with van der Waals surface area (Å²) in [5.74, 6) is -0.404. The molecule has 2 rings (SSSR count). The van der Waals surface area contributed by atoms with E-state index in [-0.39, 0.29) is 18.2 Å². The van der Waals surface area contributed by atoms with E-state index in [0.29, 0.717) is 6.54 Å². The summed E-state index contributed by atoms with van der Waals surface area (Å²) in [5, 5.41) is -0.428. The van der Waals surface area contributed by atoms with E-state index >= 15 is 0 Å². The van der Waals surface area contributed by atoms with Crippen LogP contribution in [-0.4, -0.2) is 17.7 Å². The molecule has 1 aromatic carbocycles. The van der Waals surface area contributed by atoms with Crippen molar-refractivity contribution in [1.29, 1.82) is 0 Å². The first kappa shape index (κ1) is 11.1. The van der Waals surface area contributed by atoms with Gasteiger partial charge in [-0.25, -0.2) is 0 Å². The third-order valence-corrected chi connectivity index (χ3v) is 3.10. The highest BCUT2D eigenvalue weighted by atomic mass is 35.5. The van der Waals surface area contributed by atoms with Crippen molar-refractivity contribution in [3.05, 3.63) is 29.8 Å². The second-order valence-corrected chi connectivity index (χ2v) is 4.42. The zero-order valence-electron chi connectivity index (χ0n) is 8.94. The molecule has 0 aliphatic carbocycles. The standard InChI is InChI=1S/C12H12ClNO2/c1-8-2-4-10(5-3-8)14-7-9(12(13)16)6-11(14)15/h2-5,9H,6-7H2,1H3/t9-/m0/s1. The maximum Gasteiger partial charge on any atom is 0.227 e. The van der Waals surface area contributed by atoms with Gasteiger partial charge in [-0.3, -0.25) is 9.59 Å². The Labute approximate surface area is 99.0 Å². The van der Waals surface area contributed by atoms with Crippen molar-refractivity contribution in [2.24, 2.45) is 5.92 Å². The van der Waals surface area contributed by atoms with Crippen molar-refractivity contribution in [2.45, 2.75) is 13.3 Å². The number of carbonyl (C=O) groups excluding carboxylic acids is 2. The molecule has 1 atom stereocenters. The van der Waals surface area contributed by atoms with Gasteiger partial charge in [-0.15, -0.1) is 0 Å². The third kappa shape index (κ3) is 2.09. The quantitative estimate of drug-likeness (QED) is 0.739. The van der Waals surface area contributed by atoms with E-state index in [0.717, 1.165) is 11.3 Å². The lowest BCUT2D eigenvalue weighted by molar-refractivity contribution is -0.120. The van der Waals surface area contributed by atoms with Gasteiger partial charge in [0.05, 0.1) is 5.92 Å². The van der Waals surface area contributed by atoms with Crippen molar-refractivity contribution >= 4 is 28.4 Å². The molecule has 3 nitrogen and oxygen atoms in total. The van der Waals surface area contributed by atoms with Gasteiger partial charge in [0.15, 0.2) is 0 Å². The maximum absolute atomic E-state index is 11.7. The Morgan fingerprint density at radius 2 is 2.00 bits per heavy atom. The van der Waals surface area contributed by atoms with E-state index in [1.807, 2.05) is 31.2 Å². The number of benzene rings is 1. The maximum atomic E-state index is 11.7. The zero-order valence-corrected chi connectivity index (χ0v) is 9.70. The van der Waals surface area contributed by atoms with Gasteiger partial charge < -0.3 is 4.90 Å². The van der Waals surface area contributed by atoms with Crippen LogP contribution >= 0.6 is 11.6 Å². The summed E-state index contributed by atoms with van der Waals surface area (Å²) in [4.78, 5) is 24.3. The van der Waals surface area contributed by atoms with Gasteiger partial charge in [-0.05, 0) is 30.7 Å². The highest BCUT2D eigenvalue weighted by Crippen LogP contribution is 2.26. The van der Waals surface area contributed by atoms with Crippen LogP contribution in [0, 0.1) is 12.8 Å². The molecule has 0 unspecified atom stereocenters. The lowest BCUT2D eigenvalue weighted by Crippen LogP contribution is -2.25. The predicted octanol–water partition coefficient (Wildman–Crippen LogP) is 2.11. The monoisotopic (exact) mass is 237 g/mol. The number of carbonyl (C=O) groups is 2. The van der Waals surface area contributed by atoms with E-state index < -0.39 is 5.24 Å². The minimum Gasteiger partial charge on any atom is -0.312 e. The lowest BCUT2D eigenvalue weighted by Gasteiger charge is -2.16. The average molecular weight is 238 g/mol. The molecular formula is C12H12ClNO2. The topological polar surface area (TPSA) is 37.4 Å². The molecule has 0 aromatic heterocycles. The van der Waals surface area contributed by atoms with Crippen molar-refractivity contribution in [3.8, 4) is 0 Å². The summed E-state index contributed by atoms with van der Waals surface area (Å²) in [6.07, 6.45) is 0.218. The van der Waals surface area contributed by atoms with Crippen LogP contribution in [0.3, 0.4) is 0 Å². The fourth-order valence-corrected chi connectivity index (χ4v) is 1.98. The van der Waals surface area contributed by atoms with Crippen molar-refractivity contribution in [2.75, 3.05) is 11.4 Å². The summed E-state index contributed by atoms with van der Waals surface area (Å²) in [5.41, 5.74) is 1.97. The summed E-state index contributed by atoms with van der Waals surface area (Å²) >= 11 is 5.41. The van der Waals surface area contributed by atoms with Crippen LogP contribution in [0.15, 0.2) is 24.3 Å². The molecule has 0 saturated carbocycles. The van der Waals surface area contributed by atoms with E-state index in [4.69, 9.17) is 11.6 Å². The first-order valence-electron chi connectivity index (χ1n) is 5.14. The average Bonchev–Trinajstić information content (AvgIpc) is 2.62. The number of anilines is 1. The highest BCUT2D eigenvalue weighted by Gasteiger charge is 2.34. The first-order valence-corrected chi connectivity index (χ1v) is 5.52. The molecular weight excluding hydrogens is 226 g/mol. The van der Waals surface area contributed by atoms with Crippen molar-refractivity contribution < 1.29 is 9.59 Å². The Bertz CT molecular complexity index is 427.